The normalized spacial score (nSPS) is 21.6. The lowest BCUT2D eigenvalue weighted by atomic mass is 9.95. The van der Waals surface area contributed by atoms with Crippen LogP contribution >= 0.6 is 0 Å². The number of amides is 1. The van der Waals surface area contributed by atoms with E-state index in [2.05, 4.69) is 0 Å². The lowest BCUT2D eigenvalue weighted by molar-refractivity contribution is -0.138. The van der Waals surface area contributed by atoms with Crippen LogP contribution in [0, 0.1) is 5.92 Å². The minimum absolute atomic E-state index is 0.0688. The number of carbonyl (C=O) groups is 2. The Morgan fingerprint density at radius 2 is 1.83 bits per heavy atom. The molecule has 122 valence electrons. The number of carbonyl (C=O) groups excluding carboxylic acids is 1. The van der Waals surface area contributed by atoms with E-state index in [-0.39, 0.29) is 18.4 Å². The molecule has 0 saturated carbocycles. The first-order valence-electron chi connectivity index (χ1n) is 7.99. The molecule has 2 heterocycles. The van der Waals surface area contributed by atoms with E-state index < -0.39 is 11.9 Å². The zero-order chi connectivity index (χ0) is 16.7. The van der Waals surface area contributed by atoms with E-state index >= 15 is 0 Å². The molecule has 1 amide bonds. The minimum Gasteiger partial charge on any atom is -0.492 e. The number of nitrogens with zero attached hydrogens (tertiary/aromatic N) is 1. The molecule has 0 aliphatic carbocycles. The standard InChI is InChI=1S/C19H17NO4/c21-18(13-9-12-5-1-4-8-17(12)24-11-13)20-10-15(19(22)23)14-6-2-3-7-16(14)20/h1-8,13,15H,9-11H2,(H,22,23)/t13-,15+/m0/s1. The fourth-order valence-electron chi connectivity index (χ4n) is 3.53. The van der Waals surface area contributed by atoms with E-state index in [4.69, 9.17) is 4.74 Å². The molecule has 0 bridgehead atoms. The van der Waals surface area contributed by atoms with Crippen molar-refractivity contribution in [2.75, 3.05) is 18.1 Å². The van der Waals surface area contributed by atoms with Gasteiger partial charge in [-0.1, -0.05) is 36.4 Å². The number of fused-ring (bicyclic) bond motifs is 2. The topological polar surface area (TPSA) is 66.8 Å². The van der Waals surface area contributed by atoms with Gasteiger partial charge in [-0.15, -0.1) is 0 Å². The van der Waals surface area contributed by atoms with Crippen molar-refractivity contribution in [3.63, 3.8) is 0 Å². The first-order valence-corrected chi connectivity index (χ1v) is 7.99. The number of para-hydroxylation sites is 2. The van der Waals surface area contributed by atoms with Gasteiger partial charge in [-0.05, 0) is 29.7 Å². The summed E-state index contributed by atoms with van der Waals surface area (Å²) in [5.41, 5.74) is 2.42. The second-order valence-corrected chi connectivity index (χ2v) is 6.22. The van der Waals surface area contributed by atoms with E-state index in [1.165, 1.54) is 0 Å². The van der Waals surface area contributed by atoms with Crippen molar-refractivity contribution in [3.8, 4) is 5.75 Å². The van der Waals surface area contributed by atoms with E-state index in [0.717, 1.165) is 11.3 Å². The first kappa shape index (κ1) is 14.8. The maximum atomic E-state index is 13.0. The third-order valence-corrected chi connectivity index (χ3v) is 4.76. The van der Waals surface area contributed by atoms with Gasteiger partial charge in [0.05, 0.1) is 5.92 Å². The summed E-state index contributed by atoms with van der Waals surface area (Å²) in [6.45, 7) is 0.512. The van der Waals surface area contributed by atoms with Crippen LogP contribution < -0.4 is 9.64 Å². The monoisotopic (exact) mass is 323 g/mol. The number of hydrogen-bond donors (Lipinski definition) is 1. The SMILES string of the molecule is O=C(O)[C@@H]1CN(C(=O)[C@@H]2COc3ccccc3C2)c2ccccc21. The zero-order valence-electron chi connectivity index (χ0n) is 13.0. The molecule has 5 nitrogen and oxygen atoms in total. The molecule has 0 unspecified atom stereocenters. The molecular formula is C19H17NO4. The van der Waals surface area contributed by atoms with Crippen molar-refractivity contribution < 1.29 is 19.4 Å². The molecule has 0 fully saturated rings. The van der Waals surface area contributed by atoms with Crippen LogP contribution in [0.5, 0.6) is 5.75 Å². The Morgan fingerprint density at radius 1 is 1.08 bits per heavy atom. The summed E-state index contributed by atoms with van der Waals surface area (Å²) in [5, 5.41) is 9.44. The highest BCUT2D eigenvalue weighted by Gasteiger charge is 2.39. The van der Waals surface area contributed by atoms with Crippen LogP contribution in [0.3, 0.4) is 0 Å². The molecular weight excluding hydrogens is 306 g/mol. The van der Waals surface area contributed by atoms with E-state index in [1.807, 2.05) is 42.5 Å². The van der Waals surface area contributed by atoms with Crippen LogP contribution in [0.2, 0.25) is 0 Å². The maximum Gasteiger partial charge on any atom is 0.312 e. The van der Waals surface area contributed by atoms with Crippen LogP contribution in [0.1, 0.15) is 17.0 Å². The van der Waals surface area contributed by atoms with Gasteiger partial charge in [0.25, 0.3) is 0 Å². The smallest absolute Gasteiger partial charge is 0.312 e. The van der Waals surface area contributed by atoms with Gasteiger partial charge >= 0.3 is 5.97 Å². The molecule has 2 aliphatic heterocycles. The highest BCUT2D eigenvalue weighted by molar-refractivity contribution is 6.00. The molecule has 0 spiro atoms. The largest absolute Gasteiger partial charge is 0.492 e. The Hall–Kier alpha value is -2.82. The van der Waals surface area contributed by atoms with Crippen molar-refractivity contribution in [2.45, 2.75) is 12.3 Å². The van der Waals surface area contributed by atoms with Crippen molar-refractivity contribution in [1.29, 1.82) is 0 Å². The lowest BCUT2D eigenvalue weighted by Gasteiger charge is -2.28. The molecule has 0 radical (unpaired) electrons. The van der Waals surface area contributed by atoms with Gasteiger partial charge in [0.1, 0.15) is 18.3 Å². The molecule has 4 rings (SSSR count). The predicted molar refractivity (Wildman–Crippen MR) is 88.3 cm³/mol. The second-order valence-electron chi connectivity index (χ2n) is 6.22. The highest BCUT2D eigenvalue weighted by Crippen LogP contribution is 2.38. The molecule has 5 heteroatoms. The number of benzene rings is 2. The molecule has 0 saturated heterocycles. The Bertz CT molecular complexity index is 817. The minimum atomic E-state index is -0.900. The van der Waals surface area contributed by atoms with Gasteiger partial charge in [0.2, 0.25) is 5.91 Å². The second kappa shape index (κ2) is 5.67. The van der Waals surface area contributed by atoms with Gasteiger partial charge < -0.3 is 14.7 Å². The molecule has 0 aromatic heterocycles. The summed E-state index contributed by atoms with van der Waals surface area (Å²) in [6, 6.07) is 14.9. The average molecular weight is 323 g/mol. The fraction of sp³-hybridized carbons (Fsp3) is 0.263. The summed E-state index contributed by atoms with van der Waals surface area (Å²) in [4.78, 5) is 26.1. The summed E-state index contributed by atoms with van der Waals surface area (Å²) in [6.07, 6.45) is 0.616. The number of aliphatic carboxylic acids is 1. The maximum absolute atomic E-state index is 13.0. The van der Waals surface area contributed by atoms with Crippen LogP contribution in [-0.4, -0.2) is 30.1 Å². The van der Waals surface area contributed by atoms with Crippen LogP contribution in [0.25, 0.3) is 0 Å². The summed E-state index contributed by atoms with van der Waals surface area (Å²) in [5.74, 6) is -1.10. The molecule has 1 N–H and O–H groups in total. The van der Waals surface area contributed by atoms with Gasteiger partial charge in [0, 0.05) is 12.2 Å². The third-order valence-electron chi connectivity index (χ3n) is 4.76. The number of rotatable bonds is 2. The van der Waals surface area contributed by atoms with Crippen molar-refractivity contribution in [2.24, 2.45) is 5.92 Å². The molecule has 24 heavy (non-hydrogen) atoms. The Balaban J connectivity index is 1.61. The van der Waals surface area contributed by atoms with E-state index in [0.29, 0.717) is 24.3 Å². The van der Waals surface area contributed by atoms with Gasteiger partial charge in [-0.25, -0.2) is 0 Å². The number of anilines is 1. The zero-order valence-corrected chi connectivity index (χ0v) is 13.0. The quantitative estimate of drug-likeness (QED) is 0.922. The number of carboxylic acids is 1. The third kappa shape index (κ3) is 2.33. The van der Waals surface area contributed by atoms with E-state index in [1.54, 1.807) is 11.0 Å². The van der Waals surface area contributed by atoms with Gasteiger partial charge in [0.15, 0.2) is 0 Å². The molecule has 2 atom stereocenters. The first-order chi connectivity index (χ1) is 11.6. The molecule has 2 aliphatic rings. The Labute approximate surface area is 139 Å². The Kier molecular flexibility index (Phi) is 3.49. The number of hydrogen-bond acceptors (Lipinski definition) is 3. The van der Waals surface area contributed by atoms with Crippen LogP contribution in [0.15, 0.2) is 48.5 Å². The fourth-order valence-corrected chi connectivity index (χ4v) is 3.53. The van der Waals surface area contributed by atoms with Gasteiger partial charge in [-0.3, -0.25) is 9.59 Å². The van der Waals surface area contributed by atoms with Gasteiger partial charge in [-0.2, -0.15) is 0 Å². The number of ether oxygens (including phenoxy) is 1. The van der Waals surface area contributed by atoms with E-state index in [9.17, 15) is 14.7 Å². The van der Waals surface area contributed by atoms with Crippen molar-refractivity contribution in [3.05, 3.63) is 59.7 Å². The van der Waals surface area contributed by atoms with Crippen LogP contribution in [0.4, 0.5) is 5.69 Å². The van der Waals surface area contributed by atoms with Crippen LogP contribution in [-0.2, 0) is 16.0 Å². The summed E-state index contributed by atoms with van der Waals surface area (Å²) >= 11 is 0. The average Bonchev–Trinajstić information content (AvgIpc) is 3.00. The number of carboxylic acid groups (broad SMARTS) is 1. The molecule has 2 aromatic carbocycles. The molecule has 2 aromatic rings. The van der Waals surface area contributed by atoms with Crippen molar-refractivity contribution in [1.82, 2.24) is 0 Å². The van der Waals surface area contributed by atoms with Crippen molar-refractivity contribution >= 4 is 17.6 Å². The Morgan fingerprint density at radius 3 is 2.67 bits per heavy atom. The predicted octanol–water partition coefficient (Wildman–Crippen LogP) is 2.45. The highest BCUT2D eigenvalue weighted by atomic mass is 16.5. The summed E-state index contributed by atoms with van der Waals surface area (Å²) < 4.78 is 5.72. The lowest BCUT2D eigenvalue weighted by Crippen LogP contribution is -2.40. The summed E-state index contributed by atoms with van der Waals surface area (Å²) in [7, 11) is 0.